The maximum atomic E-state index is 11.7. The van der Waals surface area contributed by atoms with Crippen molar-refractivity contribution >= 4 is 11.9 Å². The summed E-state index contributed by atoms with van der Waals surface area (Å²) in [5.74, 6) is 0.00127. The predicted molar refractivity (Wildman–Crippen MR) is 81.2 cm³/mol. The third-order valence-corrected chi connectivity index (χ3v) is 2.55. The number of nitrogens with one attached hydrogen (secondary N) is 1. The lowest BCUT2D eigenvalue weighted by Gasteiger charge is -2.16. The molecular weight excluding hydrogens is 254 g/mol. The molecule has 4 nitrogen and oxygen atoms in total. The molecule has 0 saturated heterocycles. The van der Waals surface area contributed by atoms with Crippen molar-refractivity contribution in [3.05, 3.63) is 24.3 Å². The van der Waals surface area contributed by atoms with Crippen LogP contribution in [0.2, 0.25) is 0 Å². The van der Waals surface area contributed by atoms with E-state index in [9.17, 15) is 9.59 Å². The smallest absolute Gasteiger partial charge is 0.302 e. The van der Waals surface area contributed by atoms with Crippen molar-refractivity contribution in [1.82, 2.24) is 5.32 Å². The van der Waals surface area contributed by atoms with Crippen molar-refractivity contribution in [2.45, 2.75) is 53.1 Å². The highest BCUT2D eigenvalue weighted by Crippen LogP contribution is 2.09. The highest BCUT2D eigenvalue weighted by molar-refractivity contribution is 5.77. The third kappa shape index (κ3) is 11.5. The van der Waals surface area contributed by atoms with Gasteiger partial charge in [-0.25, -0.2) is 0 Å². The van der Waals surface area contributed by atoms with Gasteiger partial charge in [0, 0.05) is 13.5 Å². The van der Waals surface area contributed by atoms with Crippen molar-refractivity contribution in [3.63, 3.8) is 0 Å². The second kappa shape index (κ2) is 11.3. The average Bonchev–Trinajstić information content (AvgIpc) is 2.35. The number of carbonyl (C=O) groups is 2. The van der Waals surface area contributed by atoms with Gasteiger partial charge in [-0.05, 0) is 25.7 Å². The van der Waals surface area contributed by atoms with Gasteiger partial charge in [0.1, 0.15) is 6.10 Å². The first-order valence-corrected chi connectivity index (χ1v) is 7.17. The number of allylic oxidation sites excluding steroid dienone is 4. The average molecular weight is 281 g/mol. The second-order valence-corrected chi connectivity index (χ2v) is 5.16. The van der Waals surface area contributed by atoms with Gasteiger partial charge in [0.05, 0.1) is 6.42 Å². The summed E-state index contributed by atoms with van der Waals surface area (Å²) in [6.07, 6.45) is 9.14. The topological polar surface area (TPSA) is 55.4 Å². The van der Waals surface area contributed by atoms with E-state index in [2.05, 4.69) is 5.32 Å². The van der Waals surface area contributed by atoms with Crippen LogP contribution in [0.5, 0.6) is 0 Å². The van der Waals surface area contributed by atoms with E-state index in [4.69, 9.17) is 4.74 Å². The lowest BCUT2D eigenvalue weighted by atomic mass is 10.1. The van der Waals surface area contributed by atoms with Crippen LogP contribution in [0.15, 0.2) is 24.3 Å². The molecule has 0 fully saturated rings. The maximum absolute atomic E-state index is 11.7. The van der Waals surface area contributed by atoms with Crippen LogP contribution in [0.25, 0.3) is 0 Å². The molecule has 0 saturated carbocycles. The fourth-order valence-electron chi connectivity index (χ4n) is 1.60. The molecule has 1 unspecified atom stereocenters. The molecule has 4 heteroatoms. The molecule has 1 atom stereocenters. The van der Waals surface area contributed by atoms with Gasteiger partial charge in [-0.1, -0.05) is 38.2 Å². The van der Waals surface area contributed by atoms with Gasteiger partial charge >= 0.3 is 5.97 Å². The Kier molecular flexibility index (Phi) is 10.4. The van der Waals surface area contributed by atoms with E-state index >= 15 is 0 Å². The molecule has 20 heavy (non-hydrogen) atoms. The molecule has 0 aromatic rings. The molecule has 0 heterocycles. The van der Waals surface area contributed by atoms with Crippen LogP contribution in [0.4, 0.5) is 0 Å². The molecule has 0 radical (unpaired) electrons. The van der Waals surface area contributed by atoms with E-state index in [1.807, 2.05) is 45.1 Å². The van der Waals surface area contributed by atoms with Gasteiger partial charge in [0.25, 0.3) is 0 Å². The van der Waals surface area contributed by atoms with Gasteiger partial charge in [0.2, 0.25) is 5.91 Å². The van der Waals surface area contributed by atoms with Crippen LogP contribution in [0.1, 0.15) is 47.0 Å². The molecule has 0 aliphatic rings. The Bertz CT molecular complexity index is 346. The van der Waals surface area contributed by atoms with E-state index < -0.39 is 0 Å². The molecule has 0 aromatic heterocycles. The van der Waals surface area contributed by atoms with Gasteiger partial charge in [0.15, 0.2) is 0 Å². The zero-order valence-corrected chi connectivity index (χ0v) is 13.0. The maximum Gasteiger partial charge on any atom is 0.302 e. The van der Waals surface area contributed by atoms with Crippen LogP contribution in [0, 0.1) is 5.92 Å². The summed E-state index contributed by atoms with van der Waals surface area (Å²) in [7, 11) is 0. The molecule has 0 bridgehead atoms. The number of esters is 1. The van der Waals surface area contributed by atoms with Crippen LogP contribution in [-0.2, 0) is 14.3 Å². The Morgan fingerprint density at radius 1 is 1.25 bits per heavy atom. The molecule has 0 aliphatic heterocycles. The minimum atomic E-state index is -0.352. The summed E-state index contributed by atoms with van der Waals surface area (Å²) in [6, 6.07) is 0. The van der Waals surface area contributed by atoms with E-state index in [0.717, 1.165) is 6.42 Å². The number of carbonyl (C=O) groups excluding carboxylic acids is 2. The zero-order chi connectivity index (χ0) is 15.4. The van der Waals surface area contributed by atoms with E-state index in [1.165, 1.54) is 6.92 Å². The standard InChI is InChI=1S/C16H27NO3/c1-5-6-7-8-9-10-15(20-14(4)18)11-16(19)17-12-13(2)3/h5-8,13,15H,9-12H2,1-4H3,(H,17,19)/b6-5+,8-7-. The quantitative estimate of drug-likeness (QED) is 0.522. The first kappa shape index (κ1) is 18.4. The first-order valence-electron chi connectivity index (χ1n) is 7.17. The molecular formula is C16H27NO3. The van der Waals surface area contributed by atoms with Crippen molar-refractivity contribution in [3.8, 4) is 0 Å². The van der Waals surface area contributed by atoms with Crippen LogP contribution < -0.4 is 5.32 Å². The summed E-state index contributed by atoms with van der Waals surface area (Å²) in [6.45, 7) is 8.04. The number of hydrogen-bond donors (Lipinski definition) is 1. The van der Waals surface area contributed by atoms with E-state index in [-0.39, 0.29) is 24.4 Å². The highest BCUT2D eigenvalue weighted by Gasteiger charge is 2.16. The van der Waals surface area contributed by atoms with Gasteiger partial charge < -0.3 is 10.1 Å². The number of ether oxygens (including phenoxy) is 1. The van der Waals surface area contributed by atoms with E-state index in [0.29, 0.717) is 18.9 Å². The largest absolute Gasteiger partial charge is 0.462 e. The summed E-state index contributed by atoms with van der Waals surface area (Å²) < 4.78 is 5.18. The summed E-state index contributed by atoms with van der Waals surface area (Å²) in [5.41, 5.74) is 0. The Hall–Kier alpha value is -1.58. The molecule has 0 aromatic carbocycles. The third-order valence-electron chi connectivity index (χ3n) is 2.55. The van der Waals surface area contributed by atoms with Gasteiger partial charge in [-0.15, -0.1) is 0 Å². The van der Waals surface area contributed by atoms with Crippen molar-refractivity contribution < 1.29 is 14.3 Å². The van der Waals surface area contributed by atoms with E-state index in [1.54, 1.807) is 0 Å². The number of rotatable bonds is 9. The van der Waals surface area contributed by atoms with Crippen molar-refractivity contribution in [2.24, 2.45) is 5.92 Å². The predicted octanol–water partition coefficient (Wildman–Crippen LogP) is 2.99. The summed E-state index contributed by atoms with van der Waals surface area (Å²) in [4.78, 5) is 22.8. The second-order valence-electron chi connectivity index (χ2n) is 5.16. The zero-order valence-electron chi connectivity index (χ0n) is 13.0. The molecule has 1 amide bonds. The lowest BCUT2D eigenvalue weighted by Crippen LogP contribution is -2.31. The lowest BCUT2D eigenvalue weighted by molar-refractivity contribution is -0.148. The van der Waals surface area contributed by atoms with Gasteiger partial charge in [-0.3, -0.25) is 9.59 Å². The van der Waals surface area contributed by atoms with Crippen LogP contribution >= 0.6 is 0 Å². The van der Waals surface area contributed by atoms with Gasteiger partial charge in [-0.2, -0.15) is 0 Å². The summed E-state index contributed by atoms with van der Waals surface area (Å²) >= 11 is 0. The van der Waals surface area contributed by atoms with Crippen molar-refractivity contribution in [1.29, 1.82) is 0 Å². The summed E-state index contributed by atoms with van der Waals surface area (Å²) in [5, 5.41) is 2.84. The van der Waals surface area contributed by atoms with Crippen LogP contribution in [-0.4, -0.2) is 24.5 Å². The van der Waals surface area contributed by atoms with Crippen LogP contribution in [0.3, 0.4) is 0 Å². The fourth-order valence-corrected chi connectivity index (χ4v) is 1.60. The fraction of sp³-hybridized carbons (Fsp3) is 0.625. The Morgan fingerprint density at radius 3 is 2.50 bits per heavy atom. The molecule has 1 N–H and O–H groups in total. The molecule has 0 rings (SSSR count). The SMILES string of the molecule is C/C=C/C=C\CCC(CC(=O)NCC(C)C)OC(C)=O. The molecule has 0 aliphatic carbocycles. The monoisotopic (exact) mass is 281 g/mol. The minimum absolute atomic E-state index is 0.0672. The minimum Gasteiger partial charge on any atom is -0.462 e. The number of amides is 1. The number of hydrogen-bond acceptors (Lipinski definition) is 3. The Balaban J connectivity index is 4.19. The molecule has 0 spiro atoms. The molecule has 114 valence electrons. The Morgan fingerprint density at radius 2 is 1.95 bits per heavy atom. The normalized spacial score (nSPS) is 13.1. The first-order chi connectivity index (χ1) is 9.45. The highest BCUT2D eigenvalue weighted by atomic mass is 16.5. The van der Waals surface area contributed by atoms with Crippen molar-refractivity contribution in [2.75, 3.05) is 6.54 Å². The Labute approximate surface area is 122 Å².